The molecular formula is C22H17ClN2O4S. The number of amides is 1. The second-order valence-corrected chi connectivity index (χ2v) is 8.79. The average Bonchev–Trinajstić information content (AvgIpc) is 3.22. The van der Waals surface area contributed by atoms with Crippen LogP contribution in [-0.2, 0) is 25.3 Å². The molecule has 1 amide bonds. The molecule has 0 atom stereocenters. The molecule has 1 aliphatic rings. The average molecular weight is 441 g/mol. The van der Waals surface area contributed by atoms with Crippen LogP contribution in [-0.4, -0.2) is 20.0 Å². The molecule has 0 saturated carbocycles. The fourth-order valence-electron chi connectivity index (χ4n) is 3.34. The van der Waals surface area contributed by atoms with Crippen LogP contribution >= 0.6 is 11.6 Å². The molecule has 1 heterocycles. The van der Waals surface area contributed by atoms with E-state index >= 15 is 0 Å². The van der Waals surface area contributed by atoms with Gasteiger partial charge < -0.3 is 4.84 Å². The van der Waals surface area contributed by atoms with E-state index in [0.717, 1.165) is 11.1 Å². The van der Waals surface area contributed by atoms with E-state index in [1.54, 1.807) is 6.07 Å². The zero-order valence-electron chi connectivity index (χ0n) is 15.7. The van der Waals surface area contributed by atoms with Gasteiger partial charge in [-0.1, -0.05) is 89.6 Å². The quantitative estimate of drug-likeness (QED) is 0.652. The standard InChI is InChI=1S/C22H17ClN2O4S/c23-18-13-7-8-14-20(18)30(27,28)25-21(26)19-15-22(29-24-19,16-9-3-1-4-10-16)17-11-5-2-6-12-17/h1-14H,15H2,(H,25,26). The fourth-order valence-corrected chi connectivity index (χ4v) is 4.84. The summed E-state index contributed by atoms with van der Waals surface area (Å²) < 4.78 is 27.3. The van der Waals surface area contributed by atoms with Gasteiger partial charge >= 0.3 is 0 Å². The molecule has 0 bridgehead atoms. The normalized spacial score (nSPS) is 15.2. The summed E-state index contributed by atoms with van der Waals surface area (Å²) in [7, 11) is -4.16. The predicted molar refractivity (Wildman–Crippen MR) is 114 cm³/mol. The zero-order valence-corrected chi connectivity index (χ0v) is 17.2. The van der Waals surface area contributed by atoms with Gasteiger partial charge in [-0.25, -0.2) is 13.1 Å². The maximum atomic E-state index is 12.8. The van der Waals surface area contributed by atoms with E-state index in [1.165, 1.54) is 18.2 Å². The summed E-state index contributed by atoms with van der Waals surface area (Å²) >= 11 is 5.97. The van der Waals surface area contributed by atoms with Crippen molar-refractivity contribution in [1.82, 2.24) is 4.72 Å². The van der Waals surface area contributed by atoms with E-state index in [0.29, 0.717) is 0 Å². The van der Waals surface area contributed by atoms with Crippen LogP contribution in [0.4, 0.5) is 0 Å². The van der Waals surface area contributed by atoms with Crippen LogP contribution in [0.5, 0.6) is 0 Å². The Morgan fingerprint density at radius 1 is 0.900 bits per heavy atom. The Morgan fingerprint density at radius 3 is 2.00 bits per heavy atom. The maximum absolute atomic E-state index is 12.8. The number of oxime groups is 1. The first-order valence-corrected chi connectivity index (χ1v) is 11.0. The van der Waals surface area contributed by atoms with Crippen molar-refractivity contribution in [2.24, 2.45) is 5.16 Å². The van der Waals surface area contributed by atoms with Gasteiger partial charge in [0.2, 0.25) is 0 Å². The number of nitrogens with one attached hydrogen (secondary N) is 1. The van der Waals surface area contributed by atoms with E-state index < -0.39 is 21.5 Å². The second-order valence-electron chi connectivity index (χ2n) is 6.73. The number of carbonyl (C=O) groups excluding carboxylic acids is 1. The first-order valence-electron chi connectivity index (χ1n) is 9.10. The van der Waals surface area contributed by atoms with Crippen LogP contribution in [0.1, 0.15) is 17.5 Å². The van der Waals surface area contributed by atoms with Crippen molar-refractivity contribution >= 4 is 33.2 Å². The summed E-state index contributed by atoms with van der Waals surface area (Å²) in [6, 6.07) is 24.6. The van der Waals surface area contributed by atoms with Crippen LogP contribution in [0.25, 0.3) is 0 Å². The van der Waals surface area contributed by atoms with Crippen LogP contribution in [0.3, 0.4) is 0 Å². The lowest BCUT2D eigenvalue weighted by Crippen LogP contribution is -2.37. The number of halogens is 1. The van der Waals surface area contributed by atoms with Crippen LogP contribution in [0, 0.1) is 0 Å². The number of nitrogens with zero attached hydrogens (tertiary/aromatic N) is 1. The van der Waals surface area contributed by atoms with Gasteiger partial charge in [0.05, 0.1) is 11.4 Å². The second kappa shape index (κ2) is 7.93. The summed E-state index contributed by atoms with van der Waals surface area (Å²) in [4.78, 5) is 18.4. The van der Waals surface area contributed by atoms with Crippen molar-refractivity contribution in [1.29, 1.82) is 0 Å². The lowest BCUT2D eigenvalue weighted by Gasteiger charge is -2.27. The van der Waals surface area contributed by atoms with E-state index in [-0.39, 0.29) is 22.1 Å². The van der Waals surface area contributed by atoms with Gasteiger partial charge in [0.15, 0.2) is 11.3 Å². The van der Waals surface area contributed by atoms with Gasteiger partial charge in [0.25, 0.3) is 15.9 Å². The topological polar surface area (TPSA) is 84.8 Å². The number of hydrogen-bond donors (Lipinski definition) is 1. The van der Waals surface area contributed by atoms with Gasteiger partial charge in [-0.05, 0) is 12.1 Å². The predicted octanol–water partition coefficient (Wildman–Crippen LogP) is 3.87. The molecule has 0 aromatic heterocycles. The number of rotatable bonds is 5. The fraction of sp³-hybridized carbons (Fsp3) is 0.0909. The summed E-state index contributed by atoms with van der Waals surface area (Å²) in [5.74, 6) is -0.858. The smallest absolute Gasteiger partial charge is 0.282 e. The monoisotopic (exact) mass is 440 g/mol. The highest BCUT2D eigenvalue weighted by molar-refractivity contribution is 7.90. The summed E-state index contributed by atoms with van der Waals surface area (Å²) in [6.07, 6.45) is 0.0743. The van der Waals surface area contributed by atoms with Crippen LogP contribution in [0.15, 0.2) is 95.0 Å². The highest BCUT2D eigenvalue weighted by Crippen LogP contribution is 2.41. The molecule has 1 N–H and O–H groups in total. The maximum Gasteiger partial charge on any atom is 0.282 e. The minimum atomic E-state index is -4.16. The van der Waals surface area contributed by atoms with E-state index in [4.69, 9.17) is 16.4 Å². The molecule has 3 aromatic carbocycles. The summed E-state index contributed by atoms with van der Waals surface area (Å²) in [6.45, 7) is 0. The zero-order chi connectivity index (χ0) is 21.2. The van der Waals surface area contributed by atoms with Crippen molar-refractivity contribution < 1.29 is 18.0 Å². The van der Waals surface area contributed by atoms with Crippen LogP contribution < -0.4 is 4.72 Å². The summed E-state index contributed by atoms with van der Waals surface area (Å²) in [5.41, 5.74) is 0.551. The molecule has 0 unspecified atom stereocenters. The van der Waals surface area contributed by atoms with Crippen molar-refractivity contribution in [2.45, 2.75) is 16.9 Å². The van der Waals surface area contributed by atoms with E-state index in [9.17, 15) is 13.2 Å². The molecular weight excluding hydrogens is 424 g/mol. The van der Waals surface area contributed by atoms with Crippen molar-refractivity contribution in [2.75, 3.05) is 0 Å². The number of carbonyl (C=O) groups is 1. The summed E-state index contributed by atoms with van der Waals surface area (Å²) in [5, 5.41) is 3.97. The molecule has 0 saturated heterocycles. The third kappa shape index (κ3) is 3.69. The van der Waals surface area contributed by atoms with Crippen LogP contribution in [0.2, 0.25) is 5.02 Å². The molecule has 30 heavy (non-hydrogen) atoms. The van der Waals surface area contributed by atoms with Crippen molar-refractivity contribution in [3.8, 4) is 0 Å². The molecule has 0 radical (unpaired) electrons. The Bertz CT molecular complexity index is 1170. The Hall–Kier alpha value is -3.16. The minimum absolute atomic E-state index is 0.0188. The lowest BCUT2D eigenvalue weighted by atomic mass is 9.82. The third-order valence-corrected chi connectivity index (χ3v) is 6.65. The van der Waals surface area contributed by atoms with Gasteiger partial charge in [0, 0.05) is 11.1 Å². The number of hydrogen-bond acceptors (Lipinski definition) is 5. The molecule has 8 heteroatoms. The first-order chi connectivity index (χ1) is 14.4. The Labute approximate surface area is 179 Å². The van der Waals surface area contributed by atoms with Gasteiger partial charge in [-0.15, -0.1) is 0 Å². The van der Waals surface area contributed by atoms with E-state index in [2.05, 4.69) is 5.16 Å². The Kier molecular flexibility index (Phi) is 5.32. The van der Waals surface area contributed by atoms with E-state index in [1.807, 2.05) is 65.4 Å². The minimum Gasteiger partial charge on any atom is -0.379 e. The first kappa shape index (κ1) is 20.1. The van der Waals surface area contributed by atoms with Crippen molar-refractivity contribution in [3.05, 3.63) is 101 Å². The third-order valence-electron chi connectivity index (χ3n) is 4.82. The number of benzene rings is 3. The molecule has 0 fully saturated rings. The molecule has 3 aromatic rings. The number of sulfonamides is 1. The van der Waals surface area contributed by atoms with Gasteiger partial charge in [0.1, 0.15) is 4.90 Å². The highest BCUT2D eigenvalue weighted by Gasteiger charge is 2.45. The SMILES string of the molecule is O=C(NS(=O)(=O)c1ccccc1Cl)C1=NOC(c2ccccc2)(c2ccccc2)C1. The van der Waals surface area contributed by atoms with Gasteiger partial charge in [-0.2, -0.15) is 0 Å². The molecule has 1 aliphatic heterocycles. The van der Waals surface area contributed by atoms with Gasteiger partial charge in [-0.3, -0.25) is 4.79 Å². The molecule has 0 spiro atoms. The lowest BCUT2D eigenvalue weighted by molar-refractivity contribution is -0.113. The molecule has 6 nitrogen and oxygen atoms in total. The van der Waals surface area contributed by atoms with Crippen molar-refractivity contribution in [3.63, 3.8) is 0 Å². The molecule has 0 aliphatic carbocycles. The molecule has 4 rings (SSSR count). The highest BCUT2D eigenvalue weighted by atomic mass is 35.5. The largest absolute Gasteiger partial charge is 0.379 e. The molecule has 152 valence electrons. The Morgan fingerprint density at radius 2 is 1.43 bits per heavy atom. The Balaban J connectivity index is 1.63.